The second-order valence-corrected chi connectivity index (χ2v) is 5.53. The SMILES string of the molecule is CCc1ccccc1NC(=S)NNC(=O)CCc1ccccc1. The van der Waals surface area contributed by atoms with E-state index in [1.54, 1.807) is 0 Å². The van der Waals surface area contributed by atoms with Crippen LogP contribution in [0.1, 0.15) is 24.5 Å². The van der Waals surface area contributed by atoms with Gasteiger partial charge in [0.25, 0.3) is 0 Å². The molecule has 23 heavy (non-hydrogen) atoms. The van der Waals surface area contributed by atoms with Crippen LogP contribution in [0.5, 0.6) is 0 Å². The number of amides is 1. The lowest BCUT2D eigenvalue weighted by molar-refractivity contribution is -0.121. The Balaban J connectivity index is 1.74. The number of benzene rings is 2. The van der Waals surface area contributed by atoms with Gasteiger partial charge in [-0.1, -0.05) is 55.5 Å². The third-order valence-corrected chi connectivity index (χ3v) is 3.65. The van der Waals surface area contributed by atoms with Crippen molar-refractivity contribution < 1.29 is 4.79 Å². The van der Waals surface area contributed by atoms with E-state index < -0.39 is 0 Å². The molecule has 120 valence electrons. The van der Waals surface area contributed by atoms with Crippen LogP contribution in [-0.2, 0) is 17.6 Å². The Hall–Kier alpha value is -2.40. The van der Waals surface area contributed by atoms with Gasteiger partial charge in [-0.25, -0.2) is 0 Å². The third-order valence-electron chi connectivity index (χ3n) is 3.45. The Labute approximate surface area is 142 Å². The quantitative estimate of drug-likeness (QED) is 0.583. The van der Waals surface area contributed by atoms with Crippen molar-refractivity contribution in [3.05, 3.63) is 65.7 Å². The Morgan fingerprint density at radius 1 is 1.00 bits per heavy atom. The number of carbonyl (C=O) groups excluding carboxylic acids is 1. The highest BCUT2D eigenvalue weighted by molar-refractivity contribution is 7.80. The van der Waals surface area contributed by atoms with Crippen molar-refractivity contribution in [3.63, 3.8) is 0 Å². The lowest BCUT2D eigenvalue weighted by Gasteiger charge is -2.14. The molecule has 5 heteroatoms. The average Bonchev–Trinajstić information content (AvgIpc) is 2.59. The van der Waals surface area contributed by atoms with Crippen molar-refractivity contribution in [1.82, 2.24) is 10.9 Å². The van der Waals surface area contributed by atoms with E-state index in [0.717, 1.165) is 17.7 Å². The molecule has 0 heterocycles. The molecule has 0 atom stereocenters. The molecule has 1 amide bonds. The van der Waals surface area contributed by atoms with Crippen molar-refractivity contribution in [1.29, 1.82) is 0 Å². The van der Waals surface area contributed by atoms with Crippen LogP contribution in [0.2, 0.25) is 0 Å². The van der Waals surface area contributed by atoms with Crippen molar-refractivity contribution >= 4 is 28.9 Å². The van der Waals surface area contributed by atoms with E-state index in [0.29, 0.717) is 18.0 Å². The number of anilines is 1. The lowest BCUT2D eigenvalue weighted by Crippen LogP contribution is -2.43. The standard InChI is InChI=1S/C18H21N3OS/c1-2-15-10-6-7-11-16(15)19-18(23)21-20-17(22)13-12-14-8-4-3-5-9-14/h3-11H,2,12-13H2,1H3,(H,20,22)(H2,19,21,23). The van der Waals surface area contributed by atoms with E-state index >= 15 is 0 Å². The van der Waals surface area contributed by atoms with Crippen molar-refractivity contribution in [2.45, 2.75) is 26.2 Å². The van der Waals surface area contributed by atoms with Crippen molar-refractivity contribution in [3.8, 4) is 0 Å². The van der Waals surface area contributed by atoms with Crippen LogP contribution in [-0.4, -0.2) is 11.0 Å². The molecule has 4 nitrogen and oxygen atoms in total. The van der Waals surface area contributed by atoms with Gasteiger partial charge in [0.2, 0.25) is 5.91 Å². The summed E-state index contributed by atoms with van der Waals surface area (Å²) < 4.78 is 0. The zero-order valence-corrected chi connectivity index (χ0v) is 14.0. The molecule has 0 aliphatic carbocycles. The molecule has 0 saturated carbocycles. The second-order valence-electron chi connectivity index (χ2n) is 5.12. The molecular formula is C18H21N3OS. The number of nitrogens with one attached hydrogen (secondary N) is 3. The maximum absolute atomic E-state index is 11.8. The van der Waals surface area contributed by atoms with E-state index in [1.807, 2.05) is 54.6 Å². The molecule has 0 aliphatic heterocycles. The highest BCUT2D eigenvalue weighted by Gasteiger charge is 2.05. The third kappa shape index (κ3) is 5.71. The van der Waals surface area contributed by atoms with Crippen molar-refractivity contribution in [2.75, 3.05) is 5.32 Å². The van der Waals surface area contributed by atoms with E-state index in [9.17, 15) is 4.79 Å². The van der Waals surface area contributed by atoms with Gasteiger partial charge >= 0.3 is 0 Å². The molecule has 0 bridgehead atoms. The molecule has 0 saturated heterocycles. The van der Waals surface area contributed by atoms with Gasteiger partial charge in [0.1, 0.15) is 0 Å². The number of rotatable bonds is 5. The number of hydrazine groups is 1. The first kappa shape index (κ1) is 17.0. The number of carbonyl (C=O) groups is 1. The summed E-state index contributed by atoms with van der Waals surface area (Å²) in [7, 11) is 0. The fraction of sp³-hybridized carbons (Fsp3) is 0.222. The molecule has 0 spiro atoms. The van der Waals surface area contributed by atoms with Crippen LogP contribution in [0.4, 0.5) is 5.69 Å². The summed E-state index contributed by atoms with van der Waals surface area (Å²) in [4.78, 5) is 11.8. The lowest BCUT2D eigenvalue weighted by atomic mass is 10.1. The number of hydrogen-bond acceptors (Lipinski definition) is 2. The highest BCUT2D eigenvalue weighted by Crippen LogP contribution is 2.14. The average molecular weight is 327 g/mol. The smallest absolute Gasteiger partial charge is 0.238 e. The van der Waals surface area contributed by atoms with Gasteiger partial charge in [0, 0.05) is 12.1 Å². The zero-order chi connectivity index (χ0) is 16.5. The largest absolute Gasteiger partial charge is 0.331 e. The van der Waals surface area contributed by atoms with Crippen LogP contribution in [0.15, 0.2) is 54.6 Å². The fourth-order valence-corrected chi connectivity index (χ4v) is 2.36. The molecule has 0 aromatic heterocycles. The zero-order valence-electron chi connectivity index (χ0n) is 13.1. The fourth-order valence-electron chi connectivity index (χ4n) is 2.20. The van der Waals surface area contributed by atoms with Crippen LogP contribution in [0.3, 0.4) is 0 Å². The molecule has 3 N–H and O–H groups in total. The Morgan fingerprint density at radius 2 is 1.70 bits per heavy atom. The minimum atomic E-state index is -0.0956. The van der Waals surface area contributed by atoms with Crippen LogP contribution in [0, 0.1) is 0 Å². The maximum Gasteiger partial charge on any atom is 0.238 e. The number of hydrogen-bond donors (Lipinski definition) is 3. The van der Waals surface area contributed by atoms with Gasteiger partial charge in [0.15, 0.2) is 5.11 Å². The Morgan fingerprint density at radius 3 is 2.43 bits per heavy atom. The number of thiocarbonyl (C=S) groups is 1. The summed E-state index contributed by atoms with van der Waals surface area (Å²) >= 11 is 5.20. The summed E-state index contributed by atoms with van der Waals surface area (Å²) in [6.07, 6.45) is 2.02. The summed E-state index contributed by atoms with van der Waals surface area (Å²) in [5.74, 6) is -0.0956. The monoisotopic (exact) mass is 327 g/mol. The summed E-state index contributed by atoms with van der Waals surface area (Å²) in [6, 6.07) is 17.9. The molecule has 0 fully saturated rings. The predicted octanol–water partition coefficient (Wildman–Crippen LogP) is 3.20. The minimum Gasteiger partial charge on any atom is -0.331 e. The Bertz CT molecular complexity index is 658. The molecule has 0 radical (unpaired) electrons. The van der Waals surface area contributed by atoms with Gasteiger partial charge in [-0.15, -0.1) is 0 Å². The second kappa shape index (κ2) is 8.90. The van der Waals surface area contributed by atoms with Gasteiger partial charge in [-0.05, 0) is 42.3 Å². The minimum absolute atomic E-state index is 0.0956. The van der Waals surface area contributed by atoms with Gasteiger partial charge < -0.3 is 5.32 Å². The predicted molar refractivity (Wildman–Crippen MR) is 98.1 cm³/mol. The summed E-state index contributed by atoms with van der Waals surface area (Å²) in [5, 5.41) is 3.47. The molecule has 0 aliphatic rings. The molecule has 2 aromatic rings. The maximum atomic E-state index is 11.8. The van der Waals surface area contributed by atoms with Gasteiger partial charge in [0.05, 0.1) is 0 Å². The number of aryl methyl sites for hydroxylation is 2. The topological polar surface area (TPSA) is 53.2 Å². The van der Waals surface area contributed by atoms with Crippen LogP contribution >= 0.6 is 12.2 Å². The van der Waals surface area contributed by atoms with Crippen LogP contribution in [0.25, 0.3) is 0 Å². The summed E-state index contributed by atoms with van der Waals surface area (Å²) in [6.45, 7) is 2.09. The first-order valence-corrected chi connectivity index (χ1v) is 8.07. The van der Waals surface area contributed by atoms with E-state index in [4.69, 9.17) is 12.2 Å². The highest BCUT2D eigenvalue weighted by atomic mass is 32.1. The summed E-state index contributed by atoms with van der Waals surface area (Å²) in [5.41, 5.74) is 8.62. The first-order valence-electron chi connectivity index (χ1n) is 7.66. The van der Waals surface area contributed by atoms with Crippen LogP contribution < -0.4 is 16.2 Å². The first-order chi connectivity index (χ1) is 11.2. The van der Waals surface area contributed by atoms with E-state index in [2.05, 4.69) is 23.1 Å². The molecule has 0 unspecified atom stereocenters. The van der Waals surface area contributed by atoms with E-state index in [1.165, 1.54) is 5.56 Å². The molecule has 2 rings (SSSR count). The van der Waals surface area contributed by atoms with Gasteiger partial charge in [-0.3, -0.25) is 15.6 Å². The number of para-hydroxylation sites is 1. The molecular weight excluding hydrogens is 306 g/mol. The van der Waals surface area contributed by atoms with Gasteiger partial charge in [-0.2, -0.15) is 0 Å². The van der Waals surface area contributed by atoms with Crippen molar-refractivity contribution in [2.24, 2.45) is 0 Å². The molecule has 2 aromatic carbocycles. The normalized spacial score (nSPS) is 9.96. The Kier molecular flexibility index (Phi) is 6.56. The van der Waals surface area contributed by atoms with E-state index in [-0.39, 0.29) is 5.91 Å².